The first-order valence-electron chi connectivity index (χ1n) is 7.75. The molecule has 0 bridgehead atoms. The van der Waals surface area contributed by atoms with Crippen molar-refractivity contribution in [3.63, 3.8) is 0 Å². The first-order valence-corrected chi connectivity index (χ1v) is 9.23. The van der Waals surface area contributed by atoms with E-state index >= 15 is 0 Å². The Hall–Kier alpha value is -2.11. The number of H-pyrrole nitrogens is 1. The monoisotopic (exact) mass is 326 g/mol. The summed E-state index contributed by atoms with van der Waals surface area (Å²) < 4.78 is 25.6. The van der Waals surface area contributed by atoms with Crippen LogP contribution in [0.15, 0.2) is 58.3 Å². The van der Waals surface area contributed by atoms with Crippen molar-refractivity contribution in [2.45, 2.75) is 35.1 Å². The molecule has 1 heterocycles. The molecule has 0 saturated carbocycles. The van der Waals surface area contributed by atoms with Crippen LogP contribution in [0.4, 0.5) is 0 Å². The fourth-order valence-corrected chi connectivity index (χ4v) is 4.63. The topological polar surface area (TPSA) is 76.0 Å². The minimum atomic E-state index is -3.49. The van der Waals surface area contributed by atoms with Crippen LogP contribution in [0.5, 0.6) is 0 Å². The van der Waals surface area contributed by atoms with Gasteiger partial charge in [-0.25, -0.2) is 8.42 Å². The Bertz CT molecular complexity index is 975. The van der Waals surface area contributed by atoms with E-state index in [1.807, 2.05) is 12.1 Å². The molecule has 3 aromatic rings. The molecule has 118 valence electrons. The molecular formula is C18H18N2O2S. The Morgan fingerprint density at radius 1 is 1.04 bits per heavy atom. The van der Waals surface area contributed by atoms with Crippen LogP contribution in [0, 0.1) is 0 Å². The molecule has 3 N–H and O–H groups in total. The van der Waals surface area contributed by atoms with E-state index in [4.69, 9.17) is 5.73 Å². The molecule has 0 aliphatic heterocycles. The van der Waals surface area contributed by atoms with E-state index in [-0.39, 0.29) is 6.04 Å². The van der Waals surface area contributed by atoms with Gasteiger partial charge in [-0.1, -0.05) is 18.2 Å². The van der Waals surface area contributed by atoms with Gasteiger partial charge in [0.2, 0.25) is 9.84 Å². The van der Waals surface area contributed by atoms with Crippen LogP contribution in [0.1, 0.15) is 17.7 Å². The number of aromatic nitrogens is 1. The Balaban J connectivity index is 1.88. The Kier molecular flexibility index (Phi) is 3.28. The molecule has 0 spiro atoms. The minimum absolute atomic E-state index is 0.149. The highest BCUT2D eigenvalue weighted by molar-refractivity contribution is 7.91. The van der Waals surface area contributed by atoms with Crippen molar-refractivity contribution in [1.29, 1.82) is 0 Å². The SMILES string of the molecule is N[C@@H]1CCc2[nH]c3ccc(S(=O)(=O)c4ccccc4)cc3c2C1. The number of nitrogens with two attached hydrogens (primary N) is 1. The van der Waals surface area contributed by atoms with Crippen molar-refractivity contribution >= 4 is 20.7 Å². The molecule has 1 aliphatic rings. The molecule has 23 heavy (non-hydrogen) atoms. The predicted octanol–water partition coefficient (Wildman–Crippen LogP) is 2.82. The lowest BCUT2D eigenvalue weighted by molar-refractivity contribution is 0.574. The van der Waals surface area contributed by atoms with Crippen molar-refractivity contribution in [2.24, 2.45) is 5.73 Å². The Morgan fingerprint density at radius 3 is 2.61 bits per heavy atom. The van der Waals surface area contributed by atoms with E-state index in [1.54, 1.807) is 36.4 Å². The zero-order valence-electron chi connectivity index (χ0n) is 12.6. The van der Waals surface area contributed by atoms with Crippen molar-refractivity contribution < 1.29 is 8.42 Å². The van der Waals surface area contributed by atoms with E-state index < -0.39 is 9.84 Å². The molecule has 1 atom stereocenters. The number of hydrogen-bond acceptors (Lipinski definition) is 3. The average molecular weight is 326 g/mol. The van der Waals surface area contributed by atoms with Gasteiger partial charge in [-0.15, -0.1) is 0 Å². The van der Waals surface area contributed by atoms with Gasteiger partial charge in [0.25, 0.3) is 0 Å². The van der Waals surface area contributed by atoms with Gasteiger partial charge in [0.1, 0.15) is 0 Å². The quantitative estimate of drug-likeness (QED) is 0.760. The van der Waals surface area contributed by atoms with Gasteiger partial charge in [-0.3, -0.25) is 0 Å². The summed E-state index contributed by atoms with van der Waals surface area (Å²) in [4.78, 5) is 4.06. The molecule has 2 aromatic carbocycles. The molecule has 0 unspecified atom stereocenters. The lowest BCUT2D eigenvalue weighted by Crippen LogP contribution is -2.27. The fourth-order valence-electron chi connectivity index (χ4n) is 3.33. The number of aromatic amines is 1. The minimum Gasteiger partial charge on any atom is -0.358 e. The van der Waals surface area contributed by atoms with Gasteiger partial charge >= 0.3 is 0 Å². The van der Waals surface area contributed by atoms with Gasteiger partial charge in [-0.05, 0) is 55.2 Å². The number of nitrogens with one attached hydrogen (secondary N) is 1. The van der Waals surface area contributed by atoms with Gasteiger partial charge in [0, 0.05) is 22.6 Å². The van der Waals surface area contributed by atoms with Crippen LogP contribution >= 0.6 is 0 Å². The molecule has 4 rings (SSSR count). The standard InChI is InChI=1S/C18H18N2O2S/c19-12-6-8-17-15(10-12)16-11-14(7-9-18(16)20-17)23(21,22)13-4-2-1-3-5-13/h1-5,7,9,11-12,20H,6,8,10,19H2/t12-/m1/s1. The fraction of sp³-hybridized carbons (Fsp3) is 0.222. The average Bonchev–Trinajstić information content (AvgIpc) is 2.93. The maximum absolute atomic E-state index is 12.8. The molecule has 0 radical (unpaired) electrons. The lowest BCUT2D eigenvalue weighted by atomic mass is 9.92. The molecule has 1 aromatic heterocycles. The molecule has 0 amide bonds. The molecule has 0 saturated heterocycles. The first kappa shape index (κ1) is 14.5. The van der Waals surface area contributed by atoms with Gasteiger partial charge in [0.05, 0.1) is 9.79 Å². The molecule has 4 nitrogen and oxygen atoms in total. The summed E-state index contributed by atoms with van der Waals surface area (Å²) in [6.07, 6.45) is 2.69. The van der Waals surface area contributed by atoms with Crippen molar-refractivity contribution in [1.82, 2.24) is 4.98 Å². The van der Waals surface area contributed by atoms with E-state index in [1.165, 1.54) is 11.3 Å². The third kappa shape index (κ3) is 2.36. The second kappa shape index (κ2) is 5.22. The van der Waals surface area contributed by atoms with Crippen molar-refractivity contribution in [3.8, 4) is 0 Å². The molecular weight excluding hydrogens is 308 g/mol. The third-order valence-electron chi connectivity index (χ3n) is 4.56. The summed E-state index contributed by atoms with van der Waals surface area (Å²) in [6, 6.07) is 14.0. The van der Waals surface area contributed by atoms with E-state index in [2.05, 4.69) is 4.98 Å². The maximum Gasteiger partial charge on any atom is 0.206 e. The van der Waals surface area contributed by atoms with Crippen LogP contribution in [0.3, 0.4) is 0 Å². The highest BCUT2D eigenvalue weighted by atomic mass is 32.2. The van der Waals surface area contributed by atoms with E-state index in [0.717, 1.165) is 30.2 Å². The van der Waals surface area contributed by atoms with Crippen LogP contribution in [-0.4, -0.2) is 19.4 Å². The van der Waals surface area contributed by atoms with Crippen molar-refractivity contribution in [2.75, 3.05) is 0 Å². The lowest BCUT2D eigenvalue weighted by Gasteiger charge is -2.18. The van der Waals surface area contributed by atoms with E-state index in [9.17, 15) is 8.42 Å². The van der Waals surface area contributed by atoms with Crippen LogP contribution in [0.2, 0.25) is 0 Å². The van der Waals surface area contributed by atoms with Gasteiger partial charge in [-0.2, -0.15) is 0 Å². The molecule has 0 fully saturated rings. The van der Waals surface area contributed by atoms with Crippen LogP contribution in [-0.2, 0) is 22.7 Å². The second-order valence-electron chi connectivity index (χ2n) is 6.11. The van der Waals surface area contributed by atoms with Crippen LogP contribution in [0.25, 0.3) is 10.9 Å². The normalized spacial score (nSPS) is 18.0. The predicted molar refractivity (Wildman–Crippen MR) is 90.2 cm³/mol. The Labute approximate surface area is 135 Å². The zero-order valence-corrected chi connectivity index (χ0v) is 13.4. The molecule has 1 aliphatic carbocycles. The summed E-state index contributed by atoms with van der Waals surface area (Å²) in [5.41, 5.74) is 9.43. The van der Waals surface area contributed by atoms with Crippen LogP contribution < -0.4 is 5.73 Å². The Morgan fingerprint density at radius 2 is 1.83 bits per heavy atom. The number of sulfone groups is 1. The zero-order chi connectivity index (χ0) is 16.0. The summed E-state index contributed by atoms with van der Waals surface area (Å²) in [7, 11) is -3.49. The number of hydrogen-bond donors (Lipinski definition) is 2. The number of benzene rings is 2. The third-order valence-corrected chi connectivity index (χ3v) is 6.33. The molecule has 5 heteroatoms. The number of fused-ring (bicyclic) bond motifs is 3. The highest BCUT2D eigenvalue weighted by Crippen LogP contribution is 2.31. The highest BCUT2D eigenvalue weighted by Gasteiger charge is 2.23. The first-order chi connectivity index (χ1) is 11.1. The summed E-state index contributed by atoms with van der Waals surface area (Å²) in [5.74, 6) is 0. The second-order valence-corrected chi connectivity index (χ2v) is 8.06. The number of rotatable bonds is 2. The largest absolute Gasteiger partial charge is 0.358 e. The summed E-state index contributed by atoms with van der Waals surface area (Å²) in [6.45, 7) is 0. The van der Waals surface area contributed by atoms with E-state index in [0.29, 0.717) is 9.79 Å². The summed E-state index contributed by atoms with van der Waals surface area (Å²) >= 11 is 0. The maximum atomic E-state index is 12.8. The smallest absolute Gasteiger partial charge is 0.206 e. The van der Waals surface area contributed by atoms with Crippen molar-refractivity contribution in [3.05, 3.63) is 59.8 Å². The van der Waals surface area contributed by atoms with Gasteiger partial charge in [0.15, 0.2) is 0 Å². The number of aryl methyl sites for hydroxylation is 1. The summed E-state index contributed by atoms with van der Waals surface area (Å²) in [5, 5.41) is 0.979. The van der Waals surface area contributed by atoms with Gasteiger partial charge < -0.3 is 10.7 Å².